The van der Waals surface area contributed by atoms with E-state index < -0.39 is 0 Å². The SMILES string of the molecule is COc1ccc(-c2cc(C(=O)N3C[C@H]4C[C@@H](C3)[C@@H]3CCCC(=O)N3C4)[nH]n2)cc1. The molecule has 0 unspecified atom stereocenters. The molecule has 3 atom stereocenters. The molecule has 0 radical (unpaired) electrons. The summed E-state index contributed by atoms with van der Waals surface area (Å²) in [4.78, 5) is 29.5. The molecule has 7 nitrogen and oxygen atoms in total. The molecule has 7 heteroatoms. The van der Waals surface area contributed by atoms with Gasteiger partial charge in [-0.3, -0.25) is 14.7 Å². The van der Waals surface area contributed by atoms with Crippen molar-refractivity contribution in [1.29, 1.82) is 0 Å². The summed E-state index contributed by atoms with van der Waals surface area (Å²) in [6.45, 7) is 2.23. The number of carbonyl (C=O) groups is 2. The monoisotopic (exact) mass is 394 g/mol. The van der Waals surface area contributed by atoms with Gasteiger partial charge in [-0.15, -0.1) is 0 Å². The Balaban J connectivity index is 1.31. The lowest BCUT2D eigenvalue weighted by Gasteiger charge is -2.52. The predicted molar refractivity (Wildman–Crippen MR) is 107 cm³/mol. The zero-order valence-corrected chi connectivity index (χ0v) is 16.6. The first-order valence-electron chi connectivity index (χ1n) is 10.4. The maximum absolute atomic E-state index is 13.2. The minimum atomic E-state index is 0.00236. The van der Waals surface area contributed by atoms with Gasteiger partial charge in [0.25, 0.3) is 5.91 Å². The van der Waals surface area contributed by atoms with Crippen LogP contribution in [-0.2, 0) is 4.79 Å². The van der Waals surface area contributed by atoms with Gasteiger partial charge in [0, 0.05) is 37.7 Å². The van der Waals surface area contributed by atoms with E-state index in [1.54, 1.807) is 7.11 Å². The van der Waals surface area contributed by atoms with Crippen molar-refractivity contribution in [1.82, 2.24) is 20.0 Å². The number of aromatic nitrogens is 2. The van der Waals surface area contributed by atoms with Crippen molar-refractivity contribution in [2.45, 2.75) is 31.7 Å². The molecular weight excluding hydrogens is 368 g/mol. The molecule has 5 rings (SSSR count). The Hall–Kier alpha value is -2.83. The molecule has 3 aliphatic rings. The topological polar surface area (TPSA) is 78.5 Å². The highest BCUT2D eigenvalue weighted by atomic mass is 16.5. The van der Waals surface area contributed by atoms with Gasteiger partial charge in [-0.2, -0.15) is 5.10 Å². The molecule has 152 valence electrons. The maximum Gasteiger partial charge on any atom is 0.271 e. The number of hydrogen-bond acceptors (Lipinski definition) is 4. The smallest absolute Gasteiger partial charge is 0.271 e. The van der Waals surface area contributed by atoms with E-state index in [0.717, 1.165) is 49.4 Å². The number of fused-ring (bicyclic) bond motifs is 4. The van der Waals surface area contributed by atoms with Crippen molar-refractivity contribution in [3.05, 3.63) is 36.0 Å². The molecule has 3 fully saturated rings. The van der Waals surface area contributed by atoms with Crippen LogP contribution in [0, 0.1) is 11.8 Å². The number of aromatic amines is 1. The number of carbonyl (C=O) groups excluding carboxylic acids is 2. The second-order valence-corrected chi connectivity index (χ2v) is 8.47. The first-order valence-corrected chi connectivity index (χ1v) is 10.4. The number of amides is 2. The number of benzene rings is 1. The third-order valence-corrected chi connectivity index (χ3v) is 6.66. The zero-order chi connectivity index (χ0) is 20.0. The molecule has 1 aromatic carbocycles. The highest BCUT2D eigenvalue weighted by Gasteiger charge is 2.45. The van der Waals surface area contributed by atoms with Gasteiger partial charge in [0.15, 0.2) is 0 Å². The van der Waals surface area contributed by atoms with E-state index in [1.165, 1.54) is 0 Å². The maximum atomic E-state index is 13.2. The molecule has 1 aromatic heterocycles. The van der Waals surface area contributed by atoms with Crippen molar-refractivity contribution < 1.29 is 14.3 Å². The van der Waals surface area contributed by atoms with Crippen LogP contribution in [0.5, 0.6) is 5.75 Å². The first kappa shape index (κ1) is 18.2. The molecule has 3 aliphatic heterocycles. The molecule has 2 aromatic rings. The fraction of sp³-hybridized carbons (Fsp3) is 0.500. The standard InChI is InChI=1S/C22H26N4O3/c1-29-17-7-5-15(6-8-17)18-10-19(24-23-18)22(28)25-11-14-9-16(13-25)20-3-2-4-21(27)26(20)12-14/h5-8,10,14,16,20H,2-4,9,11-13H2,1H3,(H,23,24)/t14-,16+,20+/m1/s1. The lowest BCUT2D eigenvalue weighted by molar-refractivity contribution is -0.144. The summed E-state index contributed by atoms with van der Waals surface area (Å²) < 4.78 is 5.19. The van der Waals surface area contributed by atoms with E-state index in [1.807, 2.05) is 35.2 Å². The van der Waals surface area contributed by atoms with Gasteiger partial charge in [-0.05, 0) is 61.4 Å². The predicted octanol–water partition coefficient (Wildman–Crippen LogP) is 2.56. The van der Waals surface area contributed by atoms with Crippen molar-refractivity contribution >= 4 is 11.8 Å². The summed E-state index contributed by atoms with van der Waals surface area (Å²) in [5.74, 6) is 1.85. The summed E-state index contributed by atoms with van der Waals surface area (Å²) in [6.07, 6.45) is 3.84. The molecule has 0 saturated carbocycles. The van der Waals surface area contributed by atoms with E-state index in [2.05, 4.69) is 15.1 Å². The Labute approximate surface area is 170 Å². The lowest BCUT2D eigenvalue weighted by Crippen LogP contribution is -2.61. The van der Waals surface area contributed by atoms with Crippen LogP contribution in [0.3, 0.4) is 0 Å². The summed E-state index contributed by atoms with van der Waals surface area (Å²) in [6, 6.07) is 9.76. The number of likely N-dealkylation sites (tertiary alicyclic amines) is 1. The average Bonchev–Trinajstić information content (AvgIpc) is 3.24. The van der Waals surface area contributed by atoms with Gasteiger partial charge in [0.05, 0.1) is 12.8 Å². The van der Waals surface area contributed by atoms with E-state index in [9.17, 15) is 9.59 Å². The van der Waals surface area contributed by atoms with Gasteiger partial charge in [0.1, 0.15) is 11.4 Å². The van der Waals surface area contributed by atoms with Crippen LogP contribution in [0.1, 0.15) is 36.2 Å². The van der Waals surface area contributed by atoms with Crippen molar-refractivity contribution in [2.24, 2.45) is 11.8 Å². The highest BCUT2D eigenvalue weighted by molar-refractivity contribution is 5.93. The van der Waals surface area contributed by atoms with Gasteiger partial charge in [-0.25, -0.2) is 0 Å². The number of nitrogens with one attached hydrogen (secondary N) is 1. The molecule has 4 heterocycles. The molecule has 1 N–H and O–H groups in total. The van der Waals surface area contributed by atoms with Crippen LogP contribution in [0.15, 0.2) is 30.3 Å². The quantitative estimate of drug-likeness (QED) is 0.868. The normalized spacial score (nSPS) is 26.2. The lowest BCUT2D eigenvalue weighted by atomic mass is 9.76. The van der Waals surface area contributed by atoms with Crippen molar-refractivity contribution in [2.75, 3.05) is 26.7 Å². The Morgan fingerprint density at radius 1 is 1.21 bits per heavy atom. The number of hydrogen-bond donors (Lipinski definition) is 1. The van der Waals surface area contributed by atoms with Gasteiger partial charge in [0.2, 0.25) is 5.91 Å². The van der Waals surface area contributed by atoms with Gasteiger partial charge in [-0.1, -0.05) is 0 Å². The van der Waals surface area contributed by atoms with Crippen LogP contribution in [-0.4, -0.2) is 64.6 Å². The number of nitrogens with zero attached hydrogens (tertiary/aromatic N) is 3. The summed E-state index contributed by atoms with van der Waals surface area (Å²) in [7, 11) is 1.64. The second-order valence-electron chi connectivity index (χ2n) is 8.47. The second kappa shape index (κ2) is 7.21. The van der Waals surface area contributed by atoms with Crippen LogP contribution in [0.4, 0.5) is 0 Å². The molecule has 29 heavy (non-hydrogen) atoms. The molecule has 3 saturated heterocycles. The molecule has 2 amide bonds. The Morgan fingerprint density at radius 2 is 2.03 bits per heavy atom. The van der Waals surface area contributed by atoms with E-state index in [0.29, 0.717) is 42.4 Å². The van der Waals surface area contributed by atoms with Crippen LogP contribution in [0.2, 0.25) is 0 Å². The number of H-pyrrole nitrogens is 1. The molecule has 2 bridgehead atoms. The Bertz CT molecular complexity index is 922. The zero-order valence-electron chi connectivity index (χ0n) is 16.6. The number of methoxy groups -OCH3 is 1. The van der Waals surface area contributed by atoms with Crippen LogP contribution < -0.4 is 4.74 Å². The summed E-state index contributed by atoms with van der Waals surface area (Å²) in [5.41, 5.74) is 2.21. The fourth-order valence-corrected chi connectivity index (χ4v) is 5.29. The number of piperidine rings is 3. The number of rotatable bonds is 3. The summed E-state index contributed by atoms with van der Waals surface area (Å²) in [5, 5.41) is 7.26. The summed E-state index contributed by atoms with van der Waals surface area (Å²) >= 11 is 0. The van der Waals surface area contributed by atoms with E-state index >= 15 is 0 Å². The van der Waals surface area contributed by atoms with Gasteiger partial charge < -0.3 is 14.5 Å². The molecular formula is C22H26N4O3. The average molecular weight is 394 g/mol. The van der Waals surface area contributed by atoms with Gasteiger partial charge >= 0.3 is 0 Å². The highest BCUT2D eigenvalue weighted by Crippen LogP contribution is 2.38. The largest absolute Gasteiger partial charge is 0.497 e. The molecule has 0 spiro atoms. The fourth-order valence-electron chi connectivity index (χ4n) is 5.29. The Morgan fingerprint density at radius 3 is 2.83 bits per heavy atom. The van der Waals surface area contributed by atoms with Crippen molar-refractivity contribution in [3.63, 3.8) is 0 Å². The van der Waals surface area contributed by atoms with E-state index in [4.69, 9.17) is 4.74 Å². The number of ether oxygens (including phenoxy) is 1. The third-order valence-electron chi connectivity index (χ3n) is 6.66. The minimum Gasteiger partial charge on any atom is -0.497 e. The first-order chi connectivity index (χ1) is 14.1. The minimum absolute atomic E-state index is 0.00236. The molecule has 0 aliphatic carbocycles. The van der Waals surface area contributed by atoms with E-state index in [-0.39, 0.29) is 5.91 Å². The third kappa shape index (κ3) is 3.28. The van der Waals surface area contributed by atoms with Crippen molar-refractivity contribution in [3.8, 4) is 17.0 Å². The Kier molecular flexibility index (Phi) is 4.53. The van der Waals surface area contributed by atoms with Crippen LogP contribution in [0.25, 0.3) is 11.3 Å². The van der Waals surface area contributed by atoms with Crippen LogP contribution >= 0.6 is 0 Å².